The number of aromatic nitrogens is 1. The Balaban J connectivity index is 2.79. The second-order valence-electron chi connectivity index (χ2n) is 2.56. The normalized spacial score (nSPS) is 11.3. The number of rotatable bonds is 5. The van der Waals surface area contributed by atoms with Crippen LogP contribution in [0.1, 0.15) is 0 Å². The van der Waals surface area contributed by atoms with Crippen molar-refractivity contribution in [2.24, 2.45) is 0 Å². The van der Waals surface area contributed by atoms with Gasteiger partial charge in [0.1, 0.15) is 0 Å². The van der Waals surface area contributed by atoms with E-state index in [9.17, 15) is 17.6 Å². The van der Waals surface area contributed by atoms with Gasteiger partial charge in [-0.2, -0.15) is 0 Å². The number of nitrogens with one attached hydrogen (secondary N) is 1. The van der Waals surface area contributed by atoms with Crippen molar-refractivity contribution in [1.29, 1.82) is 0 Å². The van der Waals surface area contributed by atoms with E-state index < -0.39 is 33.4 Å². The van der Waals surface area contributed by atoms with Gasteiger partial charge in [-0.25, -0.2) is 22.6 Å². The summed E-state index contributed by atoms with van der Waals surface area (Å²) in [5, 5.41) is 7.33. The maximum Gasteiger partial charge on any atom is 0.331 e. The highest BCUT2D eigenvalue weighted by molar-refractivity contribution is 7.89. The maximum absolute atomic E-state index is 13.0. The Morgan fingerprint density at radius 3 is 2.88 bits per heavy atom. The molecule has 0 spiro atoms. The van der Waals surface area contributed by atoms with Gasteiger partial charge in [-0.15, -0.1) is 0 Å². The molecule has 0 saturated heterocycles. The molecule has 0 atom stereocenters. The van der Waals surface area contributed by atoms with Gasteiger partial charge in [0.15, 0.2) is 12.4 Å². The molecule has 0 saturated carbocycles. The molecule has 9 heteroatoms. The number of carboxylic acid groups (broad SMARTS) is 1. The van der Waals surface area contributed by atoms with E-state index >= 15 is 0 Å². The van der Waals surface area contributed by atoms with Gasteiger partial charge in [-0.05, 0) is 12.1 Å². The van der Waals surface area contributed by atoms with E-state index in [4.69, 9.17) is 5.11 Å². The van der Waals surface area contributed by atoms with Gasteiger partial charge in [0.05, 0.1) is 0 Å². The van der Waals surface area contributed by atoms with Crippen LogP contribution in [0.25, 0.3) is 0 Å². The molecule has 7 nitrogen and oxygen atoms in total. The molecule has 0 fully saturated rings. The van der Waals surface area contributed by atoms with Crippen LogP contribution in [-0.4, -0.2) is 31.1 Å². The minimum absolute atomic E-state index is 0.861. The molecule has 16 heavy (non-hydrogen) atoms. The molecule has 0 aliphatic heterocycles. The summed E-state index contributed by atoms with van der Waals surface area (Å²) >= 11 is 0. The lowest BCUT2D eigenvalue weighted by molar-refractivity contribution is -0.143. The SMILES string of the molecule is O=C(O)CONS(=O)(=O)c1ncccc1F. The first-order chi connectivity index (χ1) is 7.43. The molecule has 0 bridgehead atoms. The van der Waals surface area contributed by atoms with Crippen molar-refractivity contribution in [2.75, 3.05) is 6.61 Å². The lowest BCUT2D eigenvalue weighted by Gasteiger charge is -2.04. The Morgan fingerprint density at radius 2 is 2.31 bits per heavy atom. The van der Waals surface area contributed by atoms with Crippen molar-refractivity contribution in [3.8, 4) is 0 Å². The largest absolute Gasteiger partial charge is 0.479 e. The van der Waals surface area contributed by atoms with Gasteiger partial charge in [0.25, 0.3) is 10.0 Å². The summed E-state index contributed by atoms with van der Waals surface area (Å²) in [5.41, 5.74) is 0. The second kappa shape index (κ2) is 4.96. The Morgan fingerprint density at radius 1 is 1.62 bits per heavy atom. The van der Waals surface area contributed by atoms with Crippen LogP contribution in [0.15, 0.2) is 23.4 Å². The number of carboxylic acids is 1. The van der Waals surface area contributed by atoms with E-state index in [1.54, 1.807) is 0 Å². The molecule has 0 unspecified atom stereocenters. The fourth-order valence-corrected chi connectivity index (χ4v) is 1.59. The van der Waals surface area contributed by atoms with Crippen molar-refractivity contribution in [3.63, 3.8) is 0 Å². The van der Waals surface area contributed by atoms with E-state index in [0.29, 0.717) is 0 Å². The number of hydrogen-bond acceptors (Lipinski definition) is 5. The molecule has 1 heterocycles. The summed E-state index contributed by atoms with van der Waals surface area (Å²) in [6.45, 7) is -0.881. The van der Waals surface area contributed by atoms with Crippen LogP contribution in [0, 0.1) is 5.82 Å². The molecule has 1 aromatic rings. The predicted molar refractivity (Wildman–Crippen MR) is 48.1 cm³/mol. The summed E-state index contributed by atoms with van der Waals surface area (Å²) < 4.78 is 35.6. The zero-order chi connectivity index (χ0) is 12.2. The molecule has 0 aromatic carbocycles. The minimum atomic E-state index is -4.31. The number of halogens is 1. The molecule has 88 valence electrons. The van der Waals surface area contributed by atoms with Crippen molar-refractivity contribution in [3.05, 3.63) is 24.1 Å². The van der Waals surface area contributed by atoms with Crippen LogP contribution in [0.5, 0.6) is 0 Å². The molecule has 1 rings (SSSR count). The van der Waals surface area contributed by atoms with E-state index in [2.05, 4.69) is 9.82 Å². The first kappa shape index (κ1) is 12.5. The third-order valence-corrected chi connectivity index (χ3v) is 2.49. The zero-order valence-electron chi connectivity index (χ0n) is 7.75. The van der Waals surface area contributed by atoms with Gasteiger partial charge in [-0.1, -0.05) is 4.89 Å². The van der Waals surface area contributed by atoms with E-state index in [1.807, 2.05) is 0 Å². The van der Waals surface area contributed by atoms with Crippen molar-refractivity contribution >= 4 is 16.0 Å². The topological polar surface area (TPSA) is 106 Å². The van der Waals surface area contributed by atoms with Crippen molar-refractivity contribution < 1.29 is 27.5 Å². The van der Waals surface area contributed by atoms with Crippen LogP contribution in [0.2, 0.25) is 0 Å². The number of hydrogen-bond donors (Lipinski definition) is 2. The highest BCUT2D eigenvalue weighted by Gasteiger charge is 2.20. The van der Waals surface area contributed by atoms with Gasteiger partial charge in [0, 0.05) is 6.20 Å². The third kappa shape index (κ3) is 3.22. The number of carbonyl (C=O) groups is 1. The highest BCUT2D eigenvalue weighted by atomic mass is 32.2. The minimum Gasteiger partial charge on any atom is -0.479 e. The molecular weight excluding hydrogens is 243 g/mol. The van der Waals surface area contributed by atoms with E-state index in [0.717, 1.165) is 12.3 Å². The standard InChI is InChI=1S/C7H7FN2O5S/c8-5-2-1-3-9-7(5)16(13,14)10-15-4-6(11)12/h1-3,10H,4H2,(H,11,12). The summed E-state index contributed by atoms with van der Waals surface area (Å²) in [6.07, 6.45) is 1.08. The van der Waals surface area contributed by atoms with Crippen LogP contribution >= 0.6 is 0 Å². The maximum atomic E-state index is 13.0. The van der Waals surface area contributed by atoms with Crippen LogP contribution in [0.3, 0.4) is 0 Å². The fourth-order valence-electron chi connectivity index (χ4n) is 0.777. The Kier molecular flexibility index (Phi) is 3.88. The lowest BCUT2D eigenvalue weighted by atomic mass is 10.5. The summed E-state index contributed by atoms with van der Waals surface area (Å²) in [6, 6.07) is 2.12. The van der Waals surface area contributed by atoms with Crippen molar-refractivity contribution in [1.82, 2.24) is 9.87 Å². The van der Waals surface area contributed by atoms with Gasteiger partial charge >= 0.3 is 5.97 Å². The van der Waals surface area contributed by atoms with Crippen LogP contribution < -0.4 is 4.89 Å². The van der Waals surface area contributed by atoms with Crippen LogP contribution in [0.4, 0.5) is 4.39 Å². The van der Waals surface area contributed by atoms with Gasteiger partial charge in [-0.3, -0.25) is 4.84 Å². The Bertz CT molecular complexity index is 489. The van der Waals surface area contributed by atoms with Crippen molar-refractivity contribution in [2.45, 2.75) is 5.03 Å². The summed E-state index contributed by atoms with van der Waals surface area (Å²) in [4.78, 5) is 18.9. The Labute approximate surface area is 89.9 Å². The first-order valence-electron chi connectivity index (χ1n) is 3.89. The van der Waals surface area contributed by atoms with Gasteiger partial charge < -0.3 is 5.11 Å². The van der Waals surface area contributed by atoms with Gasteiger partial charge in [0.2, 0.25) is 5.03 Å². The fraction of sp³-hybridized carbons (Fsp3) is 0.143. The zero-order valence-corrected chi connectivity index (χ0v) is 8.57. The monoisotopic (exact) mass is 250 g/mol. The predicted octanol–water partition coefficient (Wildman–Crippen LogP) is -0.485. The molecular formula is C7H7FN2O5S. The number of nitrogens with zero attached hydrogens (tertiary/aromatic N) is 1. The second-order valence-corrected chi connectivity index (χ2v) is 4.12. The summed E-state index contributed by atoms with van der Waals surface area (Å²) in [7, 11) is -4.31. The lowest BCUT2D eigenvalue weighted by Crippen LogP contribution is -2.28. The third-order valence-electron chi connectivity index (χ3n) is 1.34. The van der Waals surface area contributed by atoms with E-state index in [1.165, 1.54) is 11.0 Å². The molecule has 0 aliphatic carbocycles. The van der Waals surface area contributed by atoms with Crippen LogP contribution in [-0.2, 0) is 19.7 Å². The quantitative estimate of drug-likeness (QED) is 0.683. The Hall–Kier alpha value is -1.58. The average molecular weight is 250 g/mol. The molecule has 2 N–H and O–H groups in total. The smallest absolute Gasteiger partial charge is 0.331 e. The number of pyridine rings is 1. The van der Waals surface area contributed by atoms with E-state index in [-0.39, 0.29) is 0 Å². The molecule has 0 amide bonds. The molecule has 0 radical (unpaired) electrons. The average Bonchev–Trinajstić information content (AvgIpc) is 2.17. The number of aliphatic carboxylic acids is 1. The first-order valence-corrected chi connectivity index (χ1v) is 5.37. The highest BCUT2D eigenvalue weighted by Crippen LogP contribution is 2.09. The summed E-state index contributed by atoms with van der Waals surface area (Å²) in [5.74, 6) is -2.43. The molecule has 1 aromatic heterocycles. The number of sulfonamides is 1. The molecule has 0 aliphatic rings.